The molecule has 1 rings (SSSR count). The topological polar surface area (TPSA) is 75.4 Å². The standard InChI is InChI=1S/C9H17N3O2.ClH/c1-2-4-12-5-3-11-7(9(12)14)6-8(10)13;/h7,11H,2-6H2,1H3,(H2,10,13);1H. The third-order valence-electron chi connectivity index (χ3n) is 2.28. The van der Waals surface area contributed by atoms with Crippen LogP contribution in [0.4, 0.5) is 0 Å². The second-order valence-corrected chi connectivity index (χ2v) is 3.50. The Labute approximate surface area is 95.8 Å². The van der Waals surface area contributed by atoms with Crippen molar-refractivity contribution in [3.8, 4) is 0 Å². The van der Waals surface area contributed by atoms with Crippen molar-refractivity contribution in [1.82, 2.24) is 10.2 Å². The highest BCUT2D eigenvalue weighted by atomic mass is 35.5. The molecule has 1 unspecified atom stereocenters. The van der Waals surface area contributed by atoms with Crippen LogP contribution in [0.25, 0.3) is 0 Å². The predicted molar refractivity (Wildman–Crippen MR) is 59.7 cm³/mol. The van der Waals surface area contributed by atoms with Gasteiger partial charge in [0.25, 0.3) is 0 Å². The molecule has 0 bridgehead atoms. The summed E-state index contributed by atoms with van der Waals surface area (Å²) in [6.07, 6.45) is 1.04. The minimum Gasteiger partial charge on any atom is -0.370 e. The van der Waals surface area contributed by atoms with Crippen molar-refractivity contribution in [3.63, 3.8) is 0 Å². The van der Waals surface area contributed by atoms with Crippen molar-refractivity contribution < 1.29 is 9.59 Å². The zero-order valence-corrected chi connectivity index (χ0v) is 9.68. The number of carbonyl (C=O) groups is 2. The predicted octanol–water partition coefficient (Wildman–Crippen LogP) is -0.506. The van der Waals surface area contributed by atoms with Gasteiger partial charge in [0, 0.05) is 19.6 Å². The number of nitrogens with zero attached hydrogens (tertiary/aromatic N) is 1. The maximum atomic E-state index is 11.7. The first kappa shape index (κ1) is 14.2. The first-order chi connectivity index (χ1) is 6.65. The lowest BCUT2D eigenvalue weighted by atomic mass is 10.1. The molecule has 6 heteroatoms. The van der Waals surface area contributed by atoms with Crippen LogP contribution in [0.5, 0.6) is 0 Å². The van der Waals surface area contributed by atoms with Gasteiger partial charge in [-0.25, -0.2) is 0 Å². The first-order valence-corrected chi connectivity index (χ1v) is 4.95. The number of piperazine rings is 1. The van der Waals surface area contributed by atoms with Gasteiger partial charge in [-0.05, 0) is 6.42 Å². The minimum absolute atomic E-state index is 0. The van der Waals surface area contributed by atoms with E-state index in [-0.39, 0.29) is 24.7 Å². The molecule has 1 fully saturated rings. The molecule has 15 heavy (non-hydrogen) atoms. The molecule has 1 aliphatic rings. The van der Waals surface area contributed by atoms with Gasteiger partial charge in [0.15, 0.2) is 0 Å². The van der Waals surface area contributed by atoms with Crippen LogP contribution in [0, 0.1) is 0 Å². The molecular formula is C9H18ClN3O2. The molecule has 5 nitrogen and oxygen atoms in total. The molecule has 1 aliphatic heterocycles. The molecular weight excluding hydrogens is 218 g/mol. The van der Waals surface area contributed by atoms with Crippen LogP contribution in [0.1, 0.15) is 19.8 Å². The molecule has 0 aromatic heterocycles. The summed E-state index contributed by atoms with van der Waals surface area (Å²) in [5.74, 6) is -0.439. The summed E-state index contributed by atoms with van der Waals surface area (Å²) >= 11 is 0. The Morgan fingerprint density at radius 1 is 1.67 bits per heavy atom. The van der Waals surface area contributed by atoms with Crippen molar-refractivity contribution in [2.45, 2.75) is 25.8 Å². The number of carbonyl (C=O) groups excluding carboxylic acids is 2. The summed E-state index contributed by atoms with van der Waals surface area (Å²) in [7, 11) is 0. The zero-order chi connectivity index (χ0) is 10.6. The van der Waals surface area contributed by atoms with Crippen LogP contribution in [0.3, 0.4) is 0 Å². The highest BCUT2D eigenvalue weighted by Crippen LogP contribution is 2.05. The first-order valence-electron chi connectivity index (χ1n) is 4.95. The molecule has 2 amide bonds. The van der Waals surface area contributed by atoms with Gasteiger partial charge in [-0.15, -0.1) is 12.4 Å². The highest BCUT2D eigenvalue weighted by molar-refractivity contribution is 5.88. The quantitative estimate of drug-likeness (QED) is 0.690. The summed E-state index contributed by atoms with van der Waals surface area (Å²) in [5.41, 5.74) is 5.06. The molecule has 0 saturated carbocycles. The van der Waals surface area contributed by atoms with Crippen molar-refractivity contribution >= 4 is 24.2 Å². The molecule has 3 N–H and O–H groups in total. The Morgan fingerprint density at radius 2 is 2.33 bits per heavy atom. The maximum absolute atomic E-state index is 11.7. The van der Waals surface area contributed by atoms with E-state index in [0.717, 1.165) is 26.1 Å². The molecule has 0 aliphatic carbocycles. The Hall–Kier alpha value is -0.810. The third kappa shape index (κ3) is 4.05. The molecule has 1 atom stereocenters. The van der Waals surface area contributed by atoms with Gasteiger partial charge in [-0.1, -0.05) is 6.92 Å². The van der Waals surface area contributed by atoms with E-state index in [1.807, 2.05) is 6.92 Å². The zero-order valence-electron chi connectivity index (χ0n) is 8.86. The molecule has 1 saturated heterocycles. The van der Waals surface area contributed by atoms with Crippen LogP contribution in [0.15, 0.2) is 0 Å². The second kappa shape index (κ2) is 6.63. The van der Waals surface area contributed by atoms with Gasteiger partial charge in [0.2, 0.25) is 11.8 Å². The van der Waals surface area contributed by atoms with Gasteiger partial charge in [-0.2, -0.15) is 0 Å². The Morgan fingerprint density at radius 3 is 2.87 bits per heavy atom. The monoisotopic (exact) mass is 235 g/mol. The third-order valence-corrected chi connectivity index (χ3v) is 2.28. The van der Waals surface area contributed by atoms with Gasteiger partial charge in [0.1, 0.15) is 0 Å². The van der Waals surface area contributed by atoms with Crippen molar-refractivity contribution in [2.24, 2.45) is 5.73 Å². The van der Waals surface area contributed by atoms with E-state index < -0.39 is 11.9 Å². The van der Waals surface area contributed by atoms with Crippen molar-refractivity contribution in [1.29, 1.82) is 0 Å². The number of halogens is 1. The van der Waals surface area contributed by atoms with Crippen LogP contribution in [0.2, 0.25) is 0 Å². The SMILES string of the molecule is CCCN1CCNC(CC(N)=O)C1=O.Cl. The lowest BCUT2D eigenvalue weighted by Crippen LogP contribution is -2.56. The molecule has 0 spiro atoms. The summed E-state index contributed by atoms with van der Waals surface area (Å²) < 4.78 is 0. The van der Waals surface area contributed by atoms with E-state index in [1.54, 1.807) is 4.90 Å². The van der Waals surface area contributed by atoms with Crippen LogP contribution >= 0.6 is 12.4 Å². The van der Waals surface area contributed by atoms with Gasteiger partial charge >= 0.3 is 0 Å². The lowest BCUT2D eigenvalue weighted by Gasteiger charge is -2.32. The van der Waals surface area contributed by atoms with Crippen LogP contribution in [-0.4, -0.2) is 42.4 Å². The lowest BCUT2D eigenvalue weighted by molar-refractivity contribution is -0.137. The largest absolute Gasteiger partial charge is 0.370 e. The fraction of sp³-hybridized carbons (Fsp3) is 0.778. The highest BCUT2D eigenvalue weighted by Gasteiger charge is 2.28. The number of nitrogens with one attached hydrogen (secondary N) is 1. The normalized spacial score (nSPS) is 21.0. The molecule has 1 heterocycles. The average Bonchev–Trinajstić information content (AvgIpc) is 2.11. The van der Waals surface area contributed by atoms with E-state index >= 15 is 0 Å². The second-order valence-electron chi connectivity index (χ2n) is 3.50. The van der Waals surface area contributed by atoms with E-state index in [9.17, 15) is 9.59 Å². The average molecular weight is 236 g/mol. The molecule has 0 aromatic rings. The Balaban J connectivity index is 0.00000196. The number of hydrogen-bond donors (Lipinski definition) is 2. The van der Waals surface area contributed by atoms with Gasteiger partial charge in [-0.3, -0.25) is 9.59 Å². The number of nitrogens with two attached hydrogens (primary N) is 1. The molecule has 0 aromatic carbocycles. The summed E-state index contributed by atoms with van der Waals surface area (Å²) in [5, 5.41) is 3.00. The van der Waals surface area contributed by atoms with E-state index in [2.05, 4.69) is 5.32 Å². The number of rotatable bonds is 4. The van der Waals surface area contributed by atoms with Crippen molar-refractivity contribution in [3.05, 3.63) is 0 Å². The Kier molecular flexibility index (Phi) is 6.27. The smallest absolute Gasteiger partial charge is 0.240 e. The van der Waals surface area contributed by atoms with Gasteiger partial charge in [0.05, 0.1) is 12.5 Å². The summed E-state index contributed by atoms with van der Waals surface area (Å²) in [6.45, 7) is 4.25. The van der Waals surface area contributed by atoms with Crippen LogP contribution < -0.4 is 11.1 Å². The molecule has 88 valence electrons. The fourth-order valence-corrected chi connectivity index (χ4v) is 1.64. The van der Waals surface area contributed by atoms with E-state index in [1.165, 1.54) is 0 Å². The number of amides is 2. The van der Waals surface area contributed by atoms with Crippen molar-refractivity contribution in [2.75, 3.05) is 19.6 Å². The Bertz CT molecular complexity index is 233. The number of hydrogen-bond acceptors (Lipinski definition) is 3. The maximum Gasteiger partial charge on any atom is 0.240 e. The number of primary amides is 1. The van der Waals surface area contributed by atoms with E-state index in [0.29, 0.717) is 0 Å². The minimum atomic E-state index is -0.436. The molecule has 0 radical (unpaired) electrons. The summed E-state index contributed by atoms with van der Waals surface area (Å²) in [6, 6.07) is -0.409. The summed E-state index contributed by atoms with van der Waals surface area (Å²) in [4.78, 5) is 24.2. The van der Waals surface area contributed by atoms with Crippen LogP contribution in [-0.2, 0) is 9.59 Å². The fourth-order valence-electron chi connectivity index (χ4n) is 1.64. The van der Waals surface area contributed by atoms with Gasteiger partial charge < -0.3 is 16.0 Å². The van der Waals surface area contributed by atoms with E-state index in [4.69, 9.17) is 5.73 Å².